The van der Waals surface area contributed by atoms with Gasteiger partial charge in [0.25, 0.3) is 5.91 Å². The molecular weight excluding hydrogens is 386 g/mol. The summed E-state index contributed by atoms with van der Waals surface area (Å²) in [5, 5.41) is 0. The molecule has 30 heavy (non-hydrogen) atoms. The van der Waals surface area contributed by atoms with Crippen LogP contribution in [-0.2, 0) is 27.3 Å². The topological polar surface area (TPSA) is 74.3 Å². The number of esters is 1. The van der Waals surface area contributed by atoms with Gasteiger partial charge in [0.1, 0.15) is 5.75 Å². The summed E-state index contributed by atoms with van der Waals surface area (Å²) >= 11 is 0. The van der Waals surface area contributed by atoms with E-state index in [0.717, 1.165) is 22.3 Å². The van der Waals surface area contributed by atoms with Gasteiger partial charge in [0.2, 0.25) is 0 Å². The van der Waals surface area contributed by atoms with E-state index in [9.17, 15) is 9.59 Å². The summed E-state index contributed by atoms with van der Waals surface area (Å²) in [4.78, 5) is 26.2. The van der Waals surface area contributed by atoms with E-state index in [0.29, 0.717) is 36.8 Å². The minimum atomic E-state index is -0.577. The average Bonchev–Trinajstić information content (AvgIpc) is 2.73. The zero-order valence-corrected chi connectivity index (χ0v) is 17.8. The molecule has 0 bridgehead atoms. The Morgan fingerprint density at radius 3 is 2.17 bits per heavy atom. The van der Waals surface area contributed by atoms with Gasteiger partial charge in [-0.1, -0.05) is 6.07 Å². The van der Waals surface area contributed by atoms with Gasteiger partial charge in [-0.3, -0.25) is 4.79 Å². The molecular formula is C23H27NO6. The van der Waals surface area contributed by atoms with Crippen LogP contribution in [0.1, 0.15) is 22.3 Å². The van der Waals surface area contributed by atoms with Crippen LogP contribution in [0.3, 0.4) is 0 Å². The number of carbonyl (C=O) groups is 2. The van der Waals surface area contributed by atoms with E-state index in [2.05, 4.69) is 0 Å². The number of aryl methyl sites for hydroxylation is 2. The molecule has 0 spiro atoms. The summed E-state index contributed by atoms with van der Waals surface area (Å²) < 4.78 is 21.3. The molecule has 0 N–H and O–H groups in total. The molecule has 2 aromatic rings. The van der Waals surface area contributed by atoms with E-state index in [1.807, 2.05) is 44.2 Å². The van der Waals surface area contributed by atoms with Gasteiger partial charge in [-0.25, -0.2) is 4.79 Å². The molecule has 0 unspecified atom stereocenters. The van der Waals surface area contributed by atoms with E-state index in [1.54, 1.807) is 19.1 Å². The maximum Gasteiger partial charge on any atom is 0.344 e. The van der Waals surface area contributed by atoms with E-state index < -0.39 is 5.97 Å². The van der Waals surface area contributed by atoms with E-state index in [-0.39, 0.29) is 19.1 Å². The van der Waals surface area contributed by atoms with Crippen molar-refractivity contribution in [3.63, 3.8) is 0 Å². The highest BCUT2D eigenvalue weighted by atomic mass is 16.6. The van der Waals surface area contributed by atoms with Crippen LogP contribution in [0, 0.1) is 13.8 Å². The fraction of sp³-hybridized carbons (Fsp3) is 0.391. The number of nitrogens with zero attached hydrogens (tertiary/aromatic N) is 1. The zero-order chi connectivity index (χ0) is 21.7. The van der Waals surface area contributed by atoms with Gasteiger partial charge in [0.05, 0.1) is 14.2 Å². The largest absolute Gasteiger partial charge is 0.493 e. The molecule has 0 aromatic heterocycles. The number of amides is 1. The average molecular weight is 413 g/mol. The highest BCUT2D eigenvalue weighted by Gasteiger charge is 2.23. The zero-order valence-electron chi connectivity index (χ0n) is 17.8. The summed E-state index contributed by atoms with van der Waals surface area (Å²) in [6.07, 6.45) is 0.700. The number of hydrogen-bond donors (Lipinski definition) is 0. The van der Waals surface area contributed by atoms with Gasteiger partial charge in [-0.15, -0.1) is 0 Å². The van der Waals surface area contributed by atoms with Crippen molar-refractivity contribution in [2.75, 3.05) is 34.0 Å². The Labute approximate surface area is 176 Å². The molecule has 0 saturated carbocycles. The second-order valence-electron chi connectivity index (χ2n) is 7.31. The molecule has 1 heterocycles. The van der Waals surface area contributed by atoms with Crippen LogP contribution in [0.25, 0.3) is 0 Å². The SMILES string of the molecule is COc1cc2c(cc1OC)CN(C(=O)COC(=O)COc1cc(C)cc(C)c1)CC2. The molecule has 7 nitrogen and oxygen atoms in total. The van der Waals surface area contributed by atoms with Gasteiger partial charge in [0, 0.05) is 13.1 Å². The Balaban J connectivity index is 1.51. The third kappa shape index (κ3) is 5.23. The van der Waals surface area contributed by atoms with Crippen LogP contribution >= 0.6 is 0 Å². The molecule has 3 rings (SSSR count). The Hall–Kier alpha value is -3.22. The van der Waals surface area contributed by atoms with Crippen molar-refractivity contribution < 1.29 is 28.5 Å². The van der Waals surface area contributed by atoms with Crippen molar-refractivity contribution in [2.45, 2.75) is 26.8 Å². The van der Waals surface area contributed by atoms with Crippen LogP contribution in [0.5, 0.6) is 17.2 Å². The summed E-state index contributed by atoms with van der Waals surface area (Å²) in [6, 6.07) is 9.55. The highest BCUT2D eigenvalue weighted by molar-refractivity contribution is 5.81. The summed E-state index contributed by atoms with van der Waals surface area (Å²) in [5.41, 5.74) is 4.22. The second-order valence-corrected chi connectivity index (χ2v) is 7.31. The van der Waals surface area contributed by atoms with Gasteiger partial charge in [-0.2, -0.15) is 0 Å². The lowest BCUT2D eigenvalue weighted by Gasteiger charge is -2.29. The molecule has 0 saturated heterocycles. The van der Waals surface area contributed by atoms with Gasteiger partial charge < -0.3 is 23.8 Å². The van der Waals surface area contributed by atoms with Crippen LogP contribution in [0.4, 0.5) is 0 Å². The number of carbonyl (C=O) groups excluding carboxylic acids is 2. The van der Waals surface area contributed by atoms with Crippen molar-refractivity contribution in [3.05, 3.63) is 52.6 Å². The third-order valence-corrected chi connectivity index (χ3v) is 4.98. The smallest absolute Gasteiger partial charge is 0.344 e. The minimum absolute atomic E-state index is 0.240. The molecule has 0 fully saturated rings. The number of benzene rings is 2. The molecule has 1 amide bonds. The van der Waals surface area contributed by atoms with Crippen LogP contribution in [0.15, 0.2) is 30.3 Å². The Morgan fingerprint density at radius 1 is 0.900 bits per heavy atom. The molecule has 0 atom stereocenters. The molecule has 0 aliphatic carbocycles. The highest BCUT2D eigenvalue weighted by Crippen LogP contribution is 2.33. The lowest BCUT2D eigenvalue weighted by atomic mass is 9.99. The van der Waals surface area contributed by atoms with E-state index >= 15 is 0 Å². The third-order valence-electron chi connectivity index (χ3n) is 4.98. The molecule has 7 heteroatoms. The normalized spacial score (nSPS) is 12.7. The first-order chi connectivity index (χ1) is 14.4. The monoisotopic (exact) mass is 413 g/mol. The maximum atomic E-state index is 12.5. The number of ether oxygens (including phenoxy) is 4. The molecule has 160 valence electrons. The predicted octanol–water partition coefficient (Wildman–Crippen LogP) is 2.83. The second kappa shape index (κ2) is 9.52. The van der Waals surface area contributed by atoms with Crippen molar-refractivity contribution >= 4 is 11.9 Å². The van der Waals surface area contributed by atoms with Crippen molar-refractivity contribution in [1.82, 2.24) is 4.90 Å². The van der Waals surface area contributed by atoms with Gasteiger partial charge >= 0.3 is 5.97 Å². The fourth-order valence-electron chi connectivity index (χ4n) is 3.53. The first-order valence-corrected chi connectivity index (χ1v) is 9.78. The number of rotatable bonds is 7. The van der Waals surface area contributed by atoms with E-state index in [1.165, 1.54) is 0 Å². The fourth-order valence-corrected chi connectivity index (χ4v) is 3.53. The Bertz CT molecular complexity index is 919. The standard InChI is InChI=1S/C23H27NO6/c1-15-7-16(2)9-19(8-15)29-14-23(26)30-13-22(25)24-6-5-17-10-20(27-3)21(28-4)11-18(17)12-24/h7-11H,5-6,12-14H2,1-4H3. The van der Waals surface area contributed by atoms with Gasteiger partial charge in [-0.05, 0) is 66.8 Å². The Kier molecular flexibility index (Phi) is 6.82. The predicted molar refractivity (Wildman–Crippen MR) is 111 cm³/mol. The van der Waals surface area contributed by atoms with Crippen molar-refractivity contribution in [2.24, 2.45) is 0 Å². The molecule has 1 aliphatic heterocycles. The maximum absolute atomic E-state index is 12.5. The summed E-state index contributed by atoms with van der Waals surface area (Å²) in [7, 11) is 3.18. The summed E-state index contributed by atoms with van der Waals surface area (Å²) in [6.45, 7) is 4.36. The number of methoxy groups -OCH3 is 2. The van der Waals surface area contributed by atoms with Crippen molar-refractivity contribution in [1.29, 1.82) is 0 Å². The number of fused-ring (bicyclic) bond motifs is 1. The molecule has 0 radical (unpaired) electrons. The lowest BCUT2D eigenvalue weighted by molar-refractivity contribution is -0.154. The first-order valence-electron chi connectivity index (χ1n) is 9.78. The van der Waals surface area contributed by atoms with E-state index in [4.69, 9.17) is 18.9 Å². The van der Waals surface area contributed by atoms with Crippen LogP contribution in [-0.4, -0.2) is 50.8 Å². The minimum Gasteiger partial charge on any atom is -0.493 e. The molecule has 1 aliphatic rings. The quantitative estimate of drug-likeness (QED) is 0.650. The van der Waals surface area contributed by atoms with Crippen LogP contribution in [0.2, 0.25) is 0 Å². The summed E-state index contributed by atoms with van der Waals surface area (Å²) in [5.74, 6) is 1.09. The van der Waals surface area contributed by atoms with Gasteiger partial charge in [0.15, 0.2) is 24.7 Å². The lowest BCUT2D eigenvalue weighted by Crippen LogP contribution is -2.39. The Morgan fingerprint density at radius 2 is 1.53 bits per heavy atom. The first kappa shape index (κ1) is 21.5. The molecule has 2 aromatic carbocycles. The van der Waals surface area contributed by atoms with Crippen LogP contribution < -0.4 is 14.2 Å². The number of hydrogen-bond acceptors (Lipinski definition) is 6. The van der Waals surface area contributed by atoms with Crippen molar-refractivity contribution in [3.8, 4) is 17.2 Å².